The number of anilines is 1. The van der Waals surface area contributed by atoms with E-state index in [1.807, 2.05) is 43.5 Å². The number of halogens is 4. The molecule has 1 aromatic heterocycles. The summed E-state index contributed by atoms with van der Waals surface area (Å²) in [6, 6.07) is 14.8. The minimum absolute atomic E-state index is 0. The third-order valence-corrected chi connectivity index (χ3v) is 3.74. The topological polar surface area (TPSA) is 77.5 Å². The molecule has 0 saturated carbocycles. The van der Waals surface area contributed by atoms with Crippen LogP contribution in [0.1, 0.15) is 11.3 Å². The van der Waals surface area contributed by atoms with Gasteiger partial charge in [-0.2, -0.15) is 5.10 Å². The second kappa shape index (κ2) is 9.63. The van der Waals surface area contributed by atoms with Gasteiger partial charge in [-0.25, -0.2) is 9.67 Å². The van der Waals surface area contributed by atoms with Crippen molar-refractivity contribution in [3.8, 4) is 11.4 Å². The lowest BCUT2D eigenvalue weighted by Crippen LogP contribution is -2.22. The van der Waals surface area contributed by atoms with Crippen LogP contribution in [0.3, 0.4) is 0 Å². The third kappa shape index (κ3) is 6.66. The molecule has 10 heteroatoms. The fourth-order valence-electron chi connectivity index (χ4n) is 2.51. The minimum atomic E-state index is -4.73. The third-order valence-electron chi connectivity index (χ3n) is 3.74. The Kier molecular flexibility index (Phi) is 7.48. The van der Waals surface area contributed by atoms with Crippen LogP contribution in [0, 0.1) is 6.92 Å². The second-order valence-corrected chi connectivity index (χ2v) is 5.93. The van der Waals surface area contributed by atoms with Gasteiger partial charge in [0.2, 0.25) is 0 Å². The van der Waals surface area contributed by atoms with Gasteiger partial charge in [0.05, 0.1) is 17.9 Å². The predicted molar refractivity (Wildman–Crippen MR) is 116 cm³/mol. The number of alkyl halides is 3. The van der Waals surface area contributed by atoms with Gasteiger partial charge in [-0.1, -0.05) is 18.2 Å². The number of aryl methyl sites for hydroxylation is 1. The number of benzene rings is 2. The predicted octanol–water partition coefficient (Wildman–Crippen LogP) is 4.62. The maximum Gasteiger partial charge on any atom is 0.573 e. The highest BCUT2D eigenvalue weighted by Gasteiger charge is 2.30. The molecule has 0 fully saturated rings. The van der Waals surface area contributed by atoms with Crippen LogP contribution >= 0.6 is 24.0 Å². The largest absolute Gasteiger partial charge is 0.573 e. The summed E-state index contributed by atoms with van der Waals surface area (Å²) in [5.41, 5.74) is 9.09. The molecular formula is C19H19F3IN5O. The Morgan fingerprint density at radius 3 is 2.45 bits per heavy atom. The molecule has 0 aliphatic rings. The van der Waals surface area contributed by atoms with E-state index >= 15 is 0 Å². The van der Waals surface area contributed by atoms with E-state index in [-0.39, 0.29) is 35.7 Å². The van der Waals surface area contributed by atoms with Crippen molar-refractivity contribution >= 4 is 35.6 Å². The van der Waals surface area contributed by atoms with Crippen LogP contribution in [0.4, 0.5) is 18.9 Å². The van der Waals surface area contributed by atoms with E-state index in [4.69, 9.17) is 5.73 Å². The molecule has 1 heterocycles. The number of aromatic nitrogens is 2. The van der Waals surface area contributed by atoms with E-state index in [2.05, 4.69) is 20.1 Å². The summed E-state index contributed by atoms with van der Waals surface area (Å²) in [6.45, 7) is 2.22. The van der Waals surface area contributed by atoms with Crippen molar-refractivity contribution in [3.05, 3.63) is 72.1 Å². The smallest absolute Gasteiger partial charge is 0.406 e. The maximum absolute atomic E-state index is 12.2. The summed E-state index contributed by atoms with van der Waals surface area (Å²) >= 11 is 0. The van der Waals surface area contributed by atoms with E-state index in [0.717, 1.165) is 16.9 Å². The van der Waals surface area contributed by atoms with Crippen LogP contribution in [-0.4, -0.2) is 22.1 Å². The number of nitrogens with zero attached hydrogens (tertiary/aromatic N) is 3. The van der Waals surface area contributed by atoms with Crippen molar-refractivity contribution in [2.75, 3.05) is 5.32 Å². The zero-order chi connectivity index (χ0) is 20.1. The van der Waals surface area contributed by atoms with Crippen LogP contribution in [0.15, 0.2) is 65.8 Å². The highest BCUT2D eigenvalue weighted by Crippen LogP contribution is 2.24. The van der Waals surface area contributed by atoms with E-state index < -0.39 is 6.36 Å². The summed E-state index contributed by atoms with van der Waals surface area (Å²) in [6.07, 6.45) is -2.86. The van der Waals surface area contributed by atoms with Crippen LogP contribution in [0.5, 0.6) is 5.75 Å². The number of hydrogen-bond donors (Lipinski definition) is 2. The fourth-order valence-corrected chi connectivity index (χ4v) is 2.51. The second-order valence-electron chi connectivity index (χ2n) is 5.93. The number of guanidine groups is 1. The van der Waals surface area contributed by atoms with Crippen LogP contribution < -0.4 is 15.8 Å². The Morgan fingerprint density at radius 1 is 1.14 bits per heavy atom. The molecule has 3 rings (SSSR count). The number of nitrogens with two attached hydrogens (primary N) is 1. The zero-order valence-corrected chi connectivity index (χ0v) is 17.7. The van der Waals surface area contributed by atoms with Gasteiger partial charge in [-0.3, -0.25) is 0 Å². The number of para-hydroxylation sites is 1. The molecule has 0 atom stereocenters. The van der Waals surface area contributed by atoms with Gasteiger partial charge in [-0.15, -0.1) is 37.1 Å². The average Bonchev–Trinajstić information content (AvgIpc) is 3.07. The van der Waals surface area contributed by atoms with Gasteiger partial charge in [0, 0.05) is 11.9 Å². The van der Waals surface area contributed by atoms with E-state index in [1.165, 1.54) is 24.3 Å². The molecule has 3 N–H and O–H groups in total. The molecule has 154 valence electrons. The standard InChI is InChI=1S/C19H18F3N5O.HI/c1-13-10-11-27(26-13)17-5-3-2-4-14(17)12-24-18(23)25-15-6-8-16(9-7-15)28-19(20,21)22;/h2-11H,12H2,1H3,(H3,23,24,25);1H. The monoisotopic (exact) mass is 517 g/mol. The van der Waals surface area contributed by atoms with Crippen molar-refractivity contribution in [3.63, 3.8) is 0 Å². The SMILES string of the molecule is Cc1ccn(-c2ccccc2CN=C(N)Nc2ccc(OC(F)(F)F)cc2)n1.I. The molecule has 0 unspecified atom stereocenters. The molecular weight excluding hydrogens is 498 g/mol. The van der Waals surface area contributed by atoms with E-state index in [1.54, 1.807) is 4.68 Å². The summed E-state index contributed by atoms with van der Waals surface area (Å²) < 4.78 is 42.2. The van der Waals surface area contributed by atoms with Crippen molar-refractivity contribution < 1.29 is 17.9 Å². The lowest BCUT2D eigenvalue weighted by Gasteiger charge is -2.11. The number of hydrogen-bond acceptors (Lipinski definition) is 3. The molecule has 0 aliphatic heterocycles. The van der Waals surface area contributed by atoms with Crippen LogP contribution in [0.25, 0.3) is 5.69 Å². The highest BCUT2D eigenvalue weighted by molar-refractivity contribution is 14.0. The molecule has 0 bridgehead atoms. The zero-order valence-electron chi connectivity index (χ0n) is 15.3. The van der Waals surface area contributed by atoms with E-state index in [9.17, 15) is 13.2 Å². The molecule has 0 spiro atoms. The average molecular weight is 517 g/mol. The van der Waals surface area contributed by atoms with Gasteiger partial charge in [-0.05, 0) is 48.9 Å². The normalized spacial score (nSPS) is 11.7. The van der Waals surface area contributed by atoms with Gasteiger partial charge < -0.3 is 15.8 Å². The first kappa shape index (κ1) is 22.5. The van der Waals surface area contributed by atoms with Crippen LogP contribution in [0.2, 0.25) is 0 Å². The quantitative estimate of drug-likeness (QED) is 0.294. The number of ether oxygens (including phenoxy) is 1. The minimum Gasteiger partial charge on any atom is -0.406 e. The first-order valence-corrected chi connectivity index (χ1v) is 8.33. The first-order valence-electron chi connectivity index (χ1n) is 8.33. The molecule has 0 radical (unpaired) electrons. The van der Waals surface area contributed by atoms with Crippen molar-refractivity contribution in [1.29, 1.82) is 0 Å². The molecule has 2 aromatic carbocycles. The lowest BCUT2D eigenvalue weighted by molar-refractivity contribution is -0.274. The van der Waals surface area contributed by atoms with Gasteiger partial charge in [0.1, 0.15) is 5.75 Å². The number of nitrogens with one attached hydrogen (secondary N) is 1. The molecule has 0 amide bonds. The Balaban J connectivity index is 0.00000300. The lowest BCUT2D eigenvalue weighted by atomic mass is 10.2. The van der Waals surface area contributed by atoms with E-state index in [0.29, 0.717) is 12.2 Å². The molecule has 0 aliphatic carbocycles. The van der Waals surface area contributed by atoms with Crippen molar-refractivity contribution in [2.45, 2.75) is 19.8 Å². The first-order chi connectivity index (χ1) is 13.3. The van der Waals surface area contributed by atoms with Crippen molar-refractivity contribution in [1.82, 2.24) is 9.78 Å². The van der Waals surface area contributed by atoms with Gasteiger partial charge >= 0.3 is 6.36 Å². The van der Waals surface area contributed by atoms with Crippen molar-refractivity contribution in [2.24, 2.45) is 10.7 Å². The molecule has 29 heavy (non-hydrogen) atoms. The summed E-state index contributed by atoms with van der Waals surface area (Å²) in [5.74, 6) is -0.173. The number of aliphatic imine (C=N–C) groups is 1. The Morgan fingerprint density at radius 2 is 1.83 bits per heavy atom. The molecule has 0 saturated heterocycles. The summed E-state index contributed by atoms with van der Waals surface area (Å²) in [4.78, 5) is 4.30. The maximum atomic E-state index is 12.2. The fraction of sp³-hybridized carbons (Fsp3) is 0.158. The molecule has 3 aromatic rings. The number of rotatable bonds is 5. The highest BCUT2D eigenvalue weighted by atomic mass is 127. The Labute approximate surface area is 182 Å². The summed E-state index contributed by atoms with van der Waals surface area (Å²) in [5, 5.41) is 7.23. The molecule has 6 nitrogen and oxygen atoms in total. The Hall–Kier alpha value is -2.76. The van der Waals surface area contributed by atoms with Gasteiger partial charge in [0.25, 0.3) is 0 Å². The van der Waals surface area contributed by atoms with Gasteiger partial charge in [0.15, 0.2) is 5.96 Å². The van der Waals surface area contributed by atoms with Crippen LogP contribution in [-0.2, 0) is 6.54 Å². The Bertz CT molecular complexity index is 970. The summed E-state index contributed by atoms with van der Waals surface area (Å²) in [7, 11) is 0.